The molecule has 10 rings (SSSR count). The first-order chi connectivity index (χ1) is 27.6. The molecule has 2 heteroatoms. The highest BCUT2D eigenvalue weighted by molar-refractivity contribution is 7.26. The third-order valence-electron chi connectivity index (χ3n) is 12.0. The van der Waals surface area contributed by atoms with Gasteiger partial charge in [-0.15, -0.1) is 11.3 Å². The van der Waals surface area contributed by atoms with E-state index in [0.29, 0.717) is 0 Å². The van der Waals surface area contributed by atoms with E-state index in [2.05, 4.69) is 208 Å². The topological polar surface area (TPSA) is 3.24 Å². The Bertz CT molecular complexity index is 2980. The van der Waals surface area contributed by atoms with Gasteiger partial charge in [0.25, 0.3) is 0 Å². The molecule has 0 bridgehead atoms. The van der Waals surface area contributed by atoms with Crippen LogP contribution in [0.1, 0.15) is 48.9 Å². The minimum absolute atomic E-state index is 0.432. The molecule has 0 saturated carbocycles. The minimum Gasteiger partial charge on any atom is -0.308 e. The summed E-state index contributed by atoms with van der Waals surface area (Å²) >= 11 is 1.89. The average molecular weight is 738 g/mol. The summed E-state index contributed by atoms with van der Waals surface area (Å²) in [6, 6.07) is 61.1. The third kappa shape index (κ3) is 5.20. The first-order valence-corrected chi connectivity index (χ1v) is 20.7. The van der Waals surface area contributed by atoms with E-state index < -0.39 is 5.41 Å². The Labute approximate surface area is 333 Å². The van der Waals surface area contributed by atoms with Crippen LogP contribution in [0, 0.1) is 6.92 Å². The standard InChI is InChI=1S/C54H43NS/c1-4-5-6-7-19-37(3)54(48-28-15-12-23-42(48)43-24-13-16-29-49(43)54)47-33-32-39(34-36(47)2)55(50-30-18-27-46-45-26-14-17-31-52(45)56-53(46)50)51-35-38-20-8-9-21-40(38)41-22-10-11-25-44(41)51/h6-35H,4-5H2,1-3H3/b7-6-,37-19+. The van der Waals surface area contributed by atoms with Gasteiger partial charge in [0.2, 0.25) is 0 Å². The van der Waals surface area contributed by atoms with Crippen molar-refractivity contribution in [2.75, 3.05) is 4.90 Å². The number of allylic oxidation sites excluding steroid dienone is 4. The zero-order valence-electron chi connectivity index (χ0n) is 32.1. The van der Waals surface area contributed by atoms with Crippen molar-refractivity contribution in [2.45, 2.75) is 39.0 Å². The van der Waals surface area contributed by atoms with Crippen LogP contribution < -0.4 is 4.90 Å². The Morgan fingerprint density at radius 3 is 1.98 bits per heavy atom. The molecule has 56 heavy (non-hydrogen) atoms. The second kappa shape index (κ2) is 13.8. The lowest BCUT2D eigenvalue weighted by molar-refractivity contribution is 0.739. The van der Waals surface area contributed by atoms with Crippen molar-refractivity contribution in [1.29, 1.82) is 0 Å². The lowest BCUT2D eigenvalue weighted by Crippen LogP contribution is -2.29. The highest BCUT2D eigenvalue weighted by atomic mass is 32.1. The van der Waals surface area contributed by atoms with Gasteiger partial charge in [-0.2, -0.15) is 0 Å². The molecule has 0 radical (unpaired) electrons. The van der Waals surface area contributed by atoms with E-state index >= 15 is 0 Å². The molecular formula is C54H43NS. The average Bonchev–Trinajstić information content (AvgIpc) is 3.77. The molecule has 0 atom stereocenters. The fourth-order valence-corrected chi connectivity index (χ4v) is 10.7. The predicted octanol–water partition coefficient (Wildman–Crippen LogP) is 15.8. The zero-order chi connectivity index (χ0) is 37.8. The fourth-order valence-electron chi connectivity index (χ4n) is 9.51. The van der Waals surface area contributed by atoms with Gasteiger partial charge in [-0.25, -0.2) is 0 Å². The van der Waals surface area contributed by atoms with E-state index in [1.54, 1.807) is 0 Å². The van der Waals surface area contributed by atoms with Crippen molar-refractivity contribution >= 4 is 70.1 Å². The van der Waals surface area contributed by atoms with E-state index in [4.69, 9.17) is 0 Å². The summed E-state index contributed by atoms with van der Waals surface area (Å²) in [6.45, 7) is 6.89. The number of thiophene rings is 1. The molecular weight excluding hydrogens is 695 g/mol. The van der Waals surface area contributed by atoms with Crippen LogP contribution in [0.5, 0.6) is 0 Å². The Morgan fingerprint density at radius 1 is 0.589 bits per heavy atom. The van der Waals surface area contributed by atoms with E-state index in [1.165, 1.54) is 92.0 Å². The molecule has 0 saturated heterocycles. The van der Waals surface area contributed by atoms with E-state index in [-0.39, 0.29) is 0 Å². The van der Waals surface area contributed by atoms with Crippen molar-refractivity contribution in [3.63, 3.8) is 0 Å². The van der Waals surface area contributed by atoms with Crippen LogP contribution in [0.25, 0.3) is 52.8 Å². The molecule has 0 fully saturated rings. The summed E-state index contributed by atoms with van der Waals surface area (Å²) in [5, 5.41) is 7.60. The molecule has 0 unspecified atom stereocenters. The number of hydrogen-bond acceptors (Lipinski definition) is 2. The minimum atomic E-state index is -0.432. The third-order valence-corrected chi connectivity index (χ3v) is 13.2. The van der Waals surface area contributed by atoms with Gasteiger partial charge in [0, 0.05) is 26.5 Å². The van der Waals surface area contributed by atoms with Gasteiger partial charge < -0.3 is 4.90 Å². The SMILES string of the molecule is CCC/C=C\C=C(/C)C1(c2ccc(N(c3cc4ccccc4c4ccccc34)c3cccc4c3sc3ccccc34)cc2C)c2ccccc2-c2ccccc21. The van der Waals surface area contributed by atoms with Crippen LogP contribution in [-0.2, 0) is 5.41 Å². The lowest BCUT2D eigenvalue weighted by atomic mass is 9.66. The molecule has 1 heterocycles. The van der Waals surface area contributed by atoms with Crippen LogP contribution in [0.2, 0.25) is 0 Å². The van der Waals surface area contributed by atoms with E-state index in [0.717, 1.165) is 18.5 Å². The van der Waals surface area contributed by atoms with Crippen LogP contribution in [0.4, 0.5) is 17.1 Å². The van der Waals surface area contributed by atoms with E-state index in [9.17, 15) is 0 Å². The van der Waals surface area contributed by atoms with Gasteiger partial charge in [-0.05, 0) is 100 Å². The Hall–Kier alpha value is -6.22. The molecule has 0 aliphatic heterocycles. The van der Waals surface area contributed by atoms with E-state index in [1.807, 2.05) is 11.3 Å². The number of benzene rings is 8. The molecule has 0 spiro atoms. The molecule has 1 aliphatic carbocycles. The van der Waals surface area contributed by atoms with Crippen LogP contribution in [0.15, 0.2) is 188 Å². The molecule has 1 aliphatic rings. The summed E-state index contributed by atoms with van der Waals surface area (Å²) < 4.78 is 2.60. The number of hydrogen-bond donors (Lipinski definition) is 0. The predicted molar refractivity (Wildman–Crippen MR) is 243 cm³/mol. The van der Waals surface area contributed by atoms with Gasteiger partial charge in [0.05, 0.1) is 21.5 Å². The Morgan fingerprint density at radius 2 is 1.23 bits per heavy atom. The quantitative estimate of drug-likeness (QED) is 0.111. The number of fused-ring (bicyclic) bond motifs is 9. The maximum absolute atomic E-state index is 2.53. The maximum Gasteiger partial charge on any atom is 0.0676 e. The maximum atomic E-state index is 2.53. The molecule has 8 aromatic carbocycles. The number of unbranched alkanes of at least 4 members (excludes halogenated alkanes) is 1. The lowest BCUT2D eigenvalue weighted by Gasteiger charge is -2.36. The zero-order valence-corrected chi connectivity index (χ0v) is 32.9. The molecule has 0 amide bonds. The summed E-state index contributed by atoms with van der Waals surface area (Å²) in [7, 11) is 0. The second-order valence-corrected chi connectivity index (χ2v) is 16.2. The molecule has 270 valence electrons. The van der Waals surface area contributed by atoms with Crippen molar-refractivity contribution in [3.05, 3.63) is 210 Å². The molecule has 0 N–H and O–H groups in total. The van der Waals surface area contributed by atoms with Crippen molar-refractivity contribution in [2.24, 2.45) is 0 Å². The summed E-state index contributed by atoms with van der Waals surface area (Å²) in [4.78, 5) is 2.53. The Balaban J connectivity index is 1.26. The number of aryl methyl sites for hydroxylation is 1. The van der Waals surface area contributed by atoms with Crippen LogP contribution in [-0.4, -0.2) is 0 Å². The number of anilines is 3. The van der Waals surface area contributed by atoms with Gasteiger partial charge >= 0.3 is 0 Å². The first kappa shape index (κ1) is 34.3. The van der Waals surface area contributed by atoms with Crippen molar-refractivity contribution < 1.29 is 0 Å². The molecule has 1 aromatic heterocycles. The summed E-state index contributed by atoms with van der Waals surface area (Å²) in [5.41, 5.74) is 12.3. The number of rotatable bonds is 8. The fraction of sp³-hybridized carbons (Fsp3) is 0.111. The first-order valence-electron chi connectivity index (χ1n) is 19.8. The van der Waals surface area contributed by atoms with Crippen LogP contribution in [0.3, 0.4) is 0 Å². The highest BCUT2D eigenvalue weighted by Gasteiger charge is 2.46. The van der Waals surface area contributed by atoms with Gasteiger partial charge in [-0.3, -0.25) is 0 Å². The Kier molecular flexibility index (Phi) is 8.46. The van der Waals surface area contributed by atoms with Crippen molar-refractivity contribution in [1.82, 2.24) is 0 Å². The number of nitrogens with zero attached hydrogens (tertiary/aromatic N) is 1. The highest BCUT2D eigenvalue weighted by Crippen LogP contribution is 2.57. The normalized spacial score (nSPS) is 13.6. The second-order valence-electron chi connectivity index (χ2n) is 15.2. The largest absolute Gasteiger partial charge is 0.308 e. The van der Waals surface area contributed by atoms with Gasteiger partial charge in [-0.1, -0.05) is 171 Å². The van der Waals surface area contributed by atoms with Crippen LogP contribution >= 0.6 is 11.3 Å². The monoisotopic (exact) mass is 737 g/mol. The molecule has 1 nitrogen and oxygen atoms in total. The van der Waals surface area contributed by atoms with Gasteiger partial charge in [0.15, 0.2) is 0 Å². The van der Waals surface area contributed by atoms with Gasteiger partial charge in [0.1, 0.15) is 0 Å². The van der Waals surface area contributed by atoms with Crippen molar-refractivity contribution in [3.8, 4) is 11.1 Å². The summed E-state index contributed by atoms with van der Waals surface area (Å²) in [5.74, 6) is 0. The molecule has 9 aromatic rings. The smallest absolute Gasteiger partial charge is 0.0676 e. The summed E-state index contributed by atoms with van der Waals surface area (Å²) in [6.07, 6.45) is 9.15.